The van der Waals surface area contributed by atoms with Gasteiger partial charge in [-0.05, 0) is 42.5 Å². The maximum absolute atomic E-state index is 12.7. The van der Waals surface area contributed by atoms with Crippen LogP contribution in [0.1, 0.15) is 10.5 Å². The second-order valence-corrected chi connectivity index (χ2v) is 7.34. The van der Waals surface area contributed by atoms with E-state index in [2.05, 4.69) is 20.3 Å². The average Bonchev–Trinajstić information content (AvgIpc) is 3.25. The zero-order chi connectivity index (χ0) is 29.4. The molecule has 0 atom stereocenters. The average molecular weight is 578 g/mol. The Hall–Kier alpha value is -4.73. The van der Waals surface area contributed by atoms with E-state index in [9.17, 15) is 31.1 Å². The molecule has 0 aliphatic rings. The van der Waals surface area contributed by atoms with Crippen molar-refractivity contribution in [1.82, 2.24) is 19.4 Å². The quantitative estimate of drug-likeness (QED) is 0.289. The van der Waals surface area contributed by atoms with Crippen molar-refractivity contribution < 1.29 is 50.9 Å². The van der Waals surface area contributed by atoms with Crippen LogP contribution in [0.3, 0.4) is 0 Å². The molecule has 4 aromatic rings. The van der Waals surface area contributed by atoms with Crippen LogP contribution in [0.4, 0.5) is 32.2 Å². The van der Waals surface area contributed by atoms with Crippen molar-refractivity contribution in [1.29, 1.82) is 0 Å². The van der Waals surface area contributed by atoms with Crippen molar-refractivity contribution in [2.45, 2.75) is 12.4 Å². The van der Waals surface area contributed by atoms with Gasteiger partial charge >= 0.3 is 24.3 Å². The Morgan fingerprint density at radius 2 is 1.44 bits per heavy atom. The second kappa shape index (κ2) is 12.7. The van der Waals surface area contributed by atoms with Gasteiger partial charge in [-0.3, -0.25) is 9.20 Å². The maximum Gasteiger partial charge on any atom is 0.490 e. The molecule has 1 aromatic carbocycles. The van der Waals surface area contributed by atoms with Crippen molar-refractivity contribution in [2.75, 3.05) is 5.32 Å². The molecule has 17 heteroatoms. The van der Waals surface area contributed by atoms with Gasteiger partial charge in [-0.15, -0.1) is 0 Å². The van der Waals surface area contributed by atoms with E-state index >= 15 is 0 Å². The number of carbonyl (C=O) groups excluding carboxylic acids is 1. The van der Waals surface area contributed by atoms with Gasteiger partial charge < -0.3 is 15.5 Å². The number of benzene rings is 1. The molecule has 3 heterocycles. The number of nitrogens with one attached hydrogen (secondary N) is 1. The summed E-state index contributed by atoms with van der Waals surface area (Å²) in [4.78, 5) is 42.8. The summed E-state index contributed by atoms with van der Waals surface area (Å²) in [7, 11) is 0. The van der Waals surface area contributed by atoms with Gasteiger partial charge in [0.05, 0.1) is 5.52 Å². The van der Waals surface area contributed by atoms with E-state index in [0.29, 0.717) is 27.9 Å². The van der Waals surface area contributed by atoms with Crippen LogP contribution >= 0.6 is 11.6 Å². The molecule has 3 aromatic heterocycles. The number of hydrogen-bond acceptors (Lipinski definition) is 6. The van der Waals surface area contributed by atoms with Gasteiger partial charge in [0.2, 0.25) is 0 Å². The van der Waals surface area contributed by atoms with Crippen molar-refractivity contribution in [3.63, 3.8) is 0 Å². The van der Waals surface area contributed by atoms with E-state index in [1.165, 1.54) is 6.33 Å². The minimum absolute atomic E-state index is 0.323. The maximum atomic E-state index is 12.7. The first-order valence-corrected chi connectivity index (χ1v) is 10.4. The highest BCUT2D eigenvalue weighted by molar-refractivity contribution is 6.30. The molecule has 0 spiro atoms. The predicted octanol–water partition coefficient (Wildman–Crippen LogP) is 4.96. The Kier molecular flexibility index (Phi) is 9.91. The normalized spacial score (nSPS) is 10.9. The lowest BCUT2D eigenvalue weighted by Gasteiger charge is -2.01. The zero-order valence-corrected chi connectivity index (χ0v) is 19.7. The van der Waals surface area contributed by atoms with Crippen LogP contribution in [0.2, 0.25) is 5.02 Å². The summed E-state index contributed by atoms with van der Waals surface area (Å²) >= 11 is 5.96. The number of pyridine rings is 1. The van der Waals surface area contributed by atoms with Gasteiger partial charge in [0.15, 0.2) is 5.69 Å². The number of anilines is 1. The SMILES string of the molecule is O=C(Nc1ccncn1)c1nc(-c2ccc(Cl)cc2)n2ccccc12.O=C(O)C(F)(F)F.O=C(O)C(F)(F)F. The number of fused-ring (bicyclic) bond motifs is 1. The molecule has 1 amide bonds. The summed E-state index contributed by atoms with van der Waals surface area (Å²) in [5.41, 5.74) is 1.90. The molecule has 4 rings (SSSR count). The standard InChI is InChI=1S/C18H12ClN5O.2C2HF3O2/c19-13-6-4-12(5-7-13)17-23-16(14-3-1-2-10-24(14)17)18(25)22-15-8-9-20-11-21-15;2*3-2(4,5)1(6)7/h1-11H,(H,20,21,22,25);2*(H,6,7). The monoisotopic (exact) mass is 577 g/mol. The van der Waals surface area contributed by atoms with E-state index in [1.807, 2.05) is 40.9 Å². The first kappa shape index (κ1) is 30.5. The number of alkyl halides is 6. The molecule has 0 saturated carbocycles. The molecule has 0 aliphatic heterocycles. The molecule has 0 radical (unpaired) electrons. The van der Waals surface area contributed by atoms with Crippen molar-refractivity contribution in [3.8, 4) is 11.4 Å². The number of imidazole rings is 1. The summed E-state index contributed by atoms with van der Waals surface area (Å²) in [5, 5.41) is 17.6. The minimum Gasteiger partial charge on any atom is -0.475 e. The number of rotatable bonds is 3. The highest BCUT2D eigenvalue weighted by Crippen LogP contribution is 2.24. The fraction of sp³-hybridized carbons (Fsp3) is 0.0909. The molecule has 39 heavy (non-hydrogen) atoms. The van der Waals surface area contributed by atoms with E-state index < -0.39 is 24.3 Å². The van der Waals surface area contributed by atoms with E-state index in [-0.39, 0.29) is 5.91 Å². The first-order valence-electron chi connectivity index (χ1n) is 10.0. The molecule has 3 N–H and O–H groups in total. The third-order valence-electron chi connectivity index (χ3n) is 4.17. The van der Waals surface area contributed by atoms with Crippen LogP contribution in [-0.4, -0.2) is 59.8 Å². The van der Waals surface area contributed by atoms with E-state index in [4.69, 9.17) is 31.4 Å². The minimum atomic E-state index is -5.08. The molecular weight excluding hydrogens is 564 g/mol. The van der Waals surface area contributed by atoms with Gasteiger partial charge in [0.25, 0.3) is 5.91 Å². The number of carboxylic acids is 2. The zero-order valence-electron chi connectivity index (χ0n) is 18.9. The summed E-state index contributed by atoms with van der Waals surface area (Å²) in [5.74, 6) is -4.76. The molecule has 0 aliphatic carbocycles. The van der Waals surface area contributed by atoms with Crippen LogP contribution in [0.5, 0.6) is 0 Å². The molecule has 206 valence electrons. The number of nitrogens with zero attached hydrogens (tertiary/aromatic N) is 4. The summed E-state index contributed by atoms with van der Waals surface area (Å²) in [6, 6.07) is 14.6. The first-order chi connectivity index (χ1) is 18.1. The van der Waals surface area contributed by atoms with Crippen molar-refractivity contribution in [3.05, 3.63) is 78.0 Å². The molecule has 0 unspecified atom stereocenters. The lowest BCUT2D eigenvalue weighted by Crippen LogP contribution is -2.21. The lowest BCUT2D eigenvalue weighted by molar-refractivity contribution is -0.193. The van der Waals surface area contributed by atoms with Crippen molar-refractivity contribution in [2.24, 2.45) is 0 Å². The largest absolute Gasteiger partial charge is 0.490 e. The third-order valence-corrected chi connectivity index (χ3v) is 4.43. The van der Waals surface area contributed by atoms with Gasteiger partial charge in [0, 0.05) is 23.0 Å². The predicted molar refractivity (Wildman–Crippen MR) is 123 cm³/mol. The lowest BCUT2D eigenvalue weighted by atomic mass is 10.2. The highest BCUT2D eigenvalue weighted by Gasteiger charge is 2.38. The summed E-state index contributed by atoms with van der Waals surface area (Å²) in [6.45, 7) is 0. The second-order valence-electron chi connectivity index (χ2n) is 6.90. The number of halogens is 7. The summed E-state index contributed by atoms with van der Waals surface area (Å²) < 4.78 is 65.3. The molecule has 0 saturated heterocycles. The Labute approximate surface area is 218 Å². The molecule has 0 bridgehead atoms. The van der Waals surface area contributed by atoms with Crippen LogP contribution < -0.4 is 5.32 Å². The molecular formula is C22H14ClF6N5O5. The number of aromatic nitrogens is 4. The van der Waals surface area contributed by atoms with Gasteiger partial charge in [-0.1, -0.05) is 17.7 Å². The van der Waals surface area contributed by atoms with Gasteiger partial charge in [-0.25, -0.2) is 24.5 Å². The number of aliphatic carboxylic acids is 2. The van der Waals surface area contributed by atoms with Crippen LogP contribution in [0.25, 0.3) is 16.9 Å². The number of hydrogen-bond donors (Lipinski definition) is 3. The Morgan fingerprint density at radius 1 is 0.872 bits per heavy atom. The molecule has 10 nitrogen and oxygen atoms in total. The van der Waals surface area contributed by atoms with Crippen LogP contribution in [0, 0.1) is 0 Å². The smallest absolute Gasteiger partial charge is 0.475 e. The Morgan fingerprint density at radius 3 is 1.92 bits per heavy atom. The Balaban J connectivity index is 0.000000317. The van der Waals surface area contributed by atoms with Crippen LogP contribution in [0.15, 0.2) is 67.3 Å². The van der Waals surface area contributed by atoms with E-state index in [1.54, 1.807) is 24.4 Å². The fourth-order valence-electron chi connectivity index (χ4n) is 2.55. The highest BCUT2D eigenvalue weighted by atomic mass is 35.5. The summed E-state index contributed by atoms with van der Waals surface area (Å²) in [6.07, 6.45) is -5.36. The van der Waals surface area contributed by atoms with Crippen molar-refractivity contribution >= 4 is 40.8 Å². The topological polar surface area (TPSA) is 147 Å². The third kappa shape index (κ3) is 8.96. The fourth-order valence-corrected chi connectivity index (χ4v) is 2.67. The van der Waals surface area contributed by atoms with Gasteiger partial charge in [-0.2, -0.15) is 26.3 Å². The van der Waals surface area contributed by atoms with E-state index in [0.717, 1.165) is 5.56 Å². The number of carboxylic acid groups (broad SMARTS) is 2. The van der Waals surface area contributed by atoms with Crippen LogP contribution in [-0.2, 0) is 9.59 Å². The number of amides is 1. The molecule has 0 fully saturated rings. The van der Waals surface area contributed by atoms with Gasteiger partial charge in [0.1, 0.15) is 18.0 Å². The Bertz CT molecular complexity index is 1420. The number of carbonyl (C=O) groups is 3.